The Bertz CT molecular complexity index is 388. The highest BCUT2D eigenvalue weighted by molar-refractivity contribution is 9.10. The van der Waals surface area contributed by atoms with Crippen LogP contribution in [0.15, 0.2) is 4.47 Å². The first-order chi connectivity index (χ1) is 9.12. The van der Waals surface area contributed by atoms with Crippen LogP contribution in [0.3, 0.4) is 0 Å². The molecule has 0 amide bonds. The average molecular weight is 332 g/mol. The fraction of sp³-hybridized carbons (Fsp3) is 0.786. The number of ether oxygens (including phenoxy) is 1. The van der Waals surface area contributed by atoms with Gasteiger partial charge in [-0.15, -0.1) is 0 Å². The Kier molecular flexibility index (Phi) is 7.04. The largest absolute Gasteiger partial charge is 0.380 e. The van der Waals surface area contributed by atoms with Gasteiger partial charge < -0.3 is 10.1 Å². The van der Waals surface area contributed by atoms with Crippen molar-refractivity contribution in [3.63, 3.8) is 0 Å². The molecule has 0 aliphatic rings. The number of rotatable bonds is 8. The molecule has 2 unspecified atom stereocenters. The second kappa shape index (κ2) is 8.02. The van der Waals surface area contributed by atoms with Crippen LogP contribution in [0, 0.1) is 0 Å². The lowest BCUT2D eigenvalue weighted by Gasteiger charge is -2.25. The summed E-state index contributed by atoms with van der Waals surface area (Å²) in [6.45, 7) is 7.32. The van der Waals surface area contributed by atoms with Crippen molar-refractivity contribution in [2.75, 3.05) is 14.2 Å². The smallest absolute Gasteiger partial charge is 0.0766 e. The van der Waals surface area contributed by atoms with Crippen molar-refractivity contribution in [3.8, 4) is 0 Å². The molecule has 2 atom stereocenters. The number of nitrogens with one attached hydrogen (secondary N) is 1. The Morgan fingerprint density at radius 1 is 1.37 bits per heavy atom. The Morgan fingerprint density at radius 2 is 2.05 bits per heavy atom. The molecule has 0 aromatic carbocycles. The van der Waals surface area contributed by atoms with Crippen LogP contribution in [0.25, 0.3) is 0 Å². The van der Waals surface area contributed by atoms with Gasteiger partial charge in [-0.1, -0.05) is 13.8 Å². The molecule has 4 nitrogen and oxygen atoms in total. The van der Waals surface area contributed by atoms with Gasteiger partial charge in [0.2, 0.25) is 0 Å². The maximum absolute atomic E-state index is 5.56. The lowest BCUT2D eigenvalue weighted by Crippen LogP contribution is -2.40. The predicted molar refractivity (Wildman–Crippen MR) is 82.6 cm³/mol. The molecule has 0 bridgehead atoms. The SMILES string of the molecule is CCc1nn(CC)c(CC(NC)C(CC)OC)c1Br. The minimum atomic E-state index is 0.224. The van der Waals surface area contributed by atoms with Gasteiger partial charge in [0.25, 0.3) is 0 Å². The van der Waals surface area contributed by atoms with E-state index in [1.807, 2.05) is 7.05 Å². The summed E-state index contributed by atoms with van der Waals surface area (Å²) in [6, 6.07) is 0.304. The van der Waals surface area contributed by atoms with Crippen LogP contribution in [-0.2, 0) is 24.1 Å². The van der Waals surface area contributed by atoms with E-state index < -0.39 is 0 Å². The highest BCUT2D eigenvalue weighted by Crippen LogP contribution is 2.24. The summed E-state index contributed by atoms with van der Waals surface area (Å²) in [7, 11) is 3.77. The zero-order chi connectivity index (χ0) is 14.4. The third-order valence-electron chi connectivity index (χ3n) is 3.63. The molecule has 0 aliphatic heterocycles. The van der Waals surface area contributed by atoms with Gasteiger partial charge in [0, 0.05) is 26.1 Å². The van der Waals surface area contributed by atoms with Crippen LogP contribution < -0.4 is 5.32 Å². The summed E-state index contributed by atoms with van der Waals surface area (Å²) in [5.74, 6) is 0. The fourth-order valence-electron chi connectivity index (χ4n) is 2.46. The van der Waals surface area contributed by atoms with Gasteiger partial charge in [-0.2, -0.15) is 5.10 Å². The number of likely N-dealkylation sites (N-methyl/N-ethyl adjacent to an activating group) is 1. The average Bonchev–Trinajstić information content (AvgIpc) is 2.74. The zero-order valence-electron chi connectivity index (χ0n) is 12.7. The quantitative estimate of drug-likeness (QED) is 0.796. The van der Waals surface area contributed by atoms with E-state index in [0.29, 0.717) is 6.04 Å². The Hall–Kier alpha value is -0.390. The second-order valence-corrected chi connectivity index (χ2v) is 5.45. The molecule has 0 fully saturated rings. The van der Waals surface area contributed by atoms with E-state index in [1.165, 1.54) is 5.69 Å². The van der Waals surface area contributed by atoms with E-state index in [1.54, 1.807) is 7.11 Å². The summed E-state index contributed by atoms with van der Waals surface area (Å²) in [5.41, 5.74) is 2.39. The number of nitrogens with zero attached hydrogens (tertiary/aromatic N) is 2. The molecule has 1 heterocycles. The van der Waals surface area contributed by atoms with E-state index in [4.69, 9.17) is 4.74 Å². The van der Waals surface area contributed by atoms with Gasteiger partial charge >= 0.3 is 0 Å². The second-order valence-electron chi connectivity index (χ2n) is 4.66. The summed E-state index contributed by atoms with van der Waals surface area (Å²) < 4.78 is 8.81. The molecular formula is C14H26BrN3O. The van der Waals surface area contributed by atoms with Crippen molar-refractivity contribution in [1.82, 2.24) is 15.1 Å². The molecular weight excluding hydrogens is 306 g/mol. The maximum Gasteiger partial charge on any atom is 0.0766 e. The monoisotopic (exact) mass is 331 g/mol. The van der Waals surface area contributed by atoms with Gasteiger partial charge in [-0.05, 0) is 42.7 Å². The van der Waals surface area contributed by atoms with E-state index >= 15 is 0 Å². The van der Waals surface area contributed by atoms with Crippen molar-refractivity contribution in [2.24, 2.45) is 0 Å². The molecule has 110 valence electrons. The highest BCUT2D eigenvalue weighted by atomic mass is 79.9. The van der Waals surface area contributed by atoms with Gasteiger partial charge in [-0.3, -0.25) is 4.68 Å². The van der Waals surface area contributed by atoms with Crippen molar-refractivity contribution in [1.29, 1.82) is 0 Å². The van der Waals surface area contributed by atoms with E-state index in [2.05, 4.69) is 51.8 Å². The normalized spacial score (nSPS) is 14.6. The van der Waals surface area contributed by atoms with Crippen molar-refractivity contribution < 1.29 is 4.74 Å². The first-order valence-corrected chi connectivity index (χ1v) is 7.86. The fourth-order valence-corrected chi connectivity index (χ4v) is 3.18. The molecule has 1 N–H and O–H groups in total. The lowest BCUT2D eigenvalue weighted by molar-refractivity contribution is 0.0671. The lowest BCUT2D eigenvalue weighted by atomic mass is 10.0. The topological polar surface area (TPSA) is 39.1 Å². The minimum absolute atomic E-state index is 0.224. The molecule has 0 aliphatic carbocycles. The van der Waals surface area contributed by atoms with Crippen LogP contribution >= 0.6 is 15.9 Å². The zero-order valence-corrected chi connectivity index (χ0v) is 14.2. The first-order valence-electron chi connectivity index (χ1n) is 7.06. The Labute approximate surface area is 125 Å². The van der Waals surface area contributed by atoms with Crippen LogP contribution in [0.4, 0.5) is 0 Å². The molecule has 1 rings (SSSR count). The third kappa shape index (κ3) is 3.80. The molecule has 1 aromatic rings. The maximum atomic E-state index is 5.56. The molecule has 0 radical (unpaired) electrons. The molecule has 1 aromatic heterocycles. The summed E-state index contributed by atoms with van der Waals surface area (Å²) in [6.07, 6.45) is 3.10. The van der Waals surface area contributed by atoms with E-state index in [9.17, 15) is 0 Å². The van der Waals surface area contributed by atoms with Crippen molar-refractivity contribution in [2.45, 2.75) is 58.7 Å². The van der Waals surface area contributed by atoms with Crippen LogP contribution in [0.2, 0.25) is 0 Å². The van der Waals surface area contributed by atoms with Gasteiger partial charge in [0.05, 0.1) is 22.0 Å². The number of methoxy groups -OCH3 is 1. The Morgan fingerprint density at radius 3 is 2.47 bits per heavy atom. The summed E-state index contributed by atoms with van der Waals surface area (Å²) >= 11 is 3.70. The number of halogens is 1. The first kappa shape index (κ1) is 16.7. The number of aromatic nitrogens is 2. The highest BCUT2D eigenvalue weighted by Gasteiger charge is 2.23. The molecule has 0 saturated heterocycles. The molecule has 5 heteroatoms. The standard InChI is InChI=1S/C14H26BrN3O/c1-6-10-14(15)12(18(8-3)17-10)9-11(16-4)13(7-2)19-5/h11,13,16H,6-9H2,1-5H3. The third-order valence-corrected chi connectivity index (χ3v) is 4.55. The van der Waals surface area contributed by atoms with Gasteiger partial charge in [0.1, 0.15) is 0 Å². The molecule has 19 heavy (non-hydrogen) atoms. The van der Waals surface area contributed by atoms with Crippen LogP contribution in [0.5, 0.6) is 0 Å². The number of aryl methyl sites for hydroxylation is 2. The van der Waals surface area contributed by atoms with Crippen molar-refractivity contribution >= 4 is 15.9 Å². The van der Waals surface area contributed by atoms with E-state index in [-0.39, 0.29) is 6.10 Å². The van der Waals surface area contributed by atoms with E-state index in [0.717, 1.165) is 36.0 Å². The van der Waals surface area contributed by atoms with Crippen LogP contribution in [0.1, 0.15) is 38.6 Å². The summed E-state index contributed by atoms with van der Waals surface area (Å²) in [4.78, 5) is 0. The molecule has 0 saturated carbocycles. The van der Waals surface area contributed by atoms with Crippen LogP contribution in [-0.4, -0.2) is 36.1 Å². The molecule has 0 spiro atoms. The van der Waals surface area contributed by atoms with Crippen molar-refractivity contribution in [3.05, 3.63) is 15.9 Å². The van der Waals surface area contributed by atoms with Gasteiger partial charge in [-0.25, -0.2) is 0 Å². The Balaban J connectivity index is 2.98. The van der Waals surface area contributed by atoms with Gasteiger partial charge in [0.15, 0.2) is 0 Å². The predicted octanol–water partition coefficient (Wildman–Crippen LogP) is 2.78. The minimum Gasteiger partial charge on any atom is -0.380 e. The number of hydrogen-bond donors (Lipinski definition) is 1. The summed E-state index contributed by atoms with van der Waals surface area (Å²) in [5, 5.41) is 8.02. The number of hydrogen-bond acceptors (Lipinski definition) is 3.